The Kier molecular flexibility index (Phi) is 4.57. The van der Waals surface area contributed by atoms with Crippen molar-refractivity contribution in [3.8, 4) is 0 Å². The van der Waals surface area contributed by atoms with Crippen LogP contribution in [-0.4, -0.2) is 21.4 Å². The van der Waals surface area contributed by atoms with Gasteiger partial charge in [0.25, 0.3) is 5.91 Å². The van der Waals surface area contributed by atoms with Crippen molar-refractivity contribution in [1.82, 2.24) is 14.8 Å². The Morgan fingerprint density at radius 2 is 1.93 bits per heavy atom. The molecule has 4 rings (SSSR count). The van der Waals surface area contributed by atoms with Crippen LogP contribution in [0.3, 0.4) is 0 Å². The van der Waals surface area contributed by atoms with E-state index < -0.39 is 6.03 Å². The monoisotopic (exact) mass is 371 g/mol. The van der Waals surface area contributed by atoms with E-state index in [-0.39, 0.29) is 12.5 Å². The van der Waals surface area contributed by atoms with Crippen molar-refractivity contribution in [2.24, 2.45) is 0 Å². The second kappa shape index (κ2) is 7.19. The largest absolute Gasteiger partial charge is 0.343 e. The Morgan fingerprint density at radius 1 is 1.11 bits per heavy atom. The molecule has 5 heteroatoms. The predicted octanol–water partition coefficient (Wildman–Crippen LogP) is 4.23. The van der Waals surface area contributed by atoms with Crippen molar-refractivity contribution < 1.29 is 9.59 Å². The Labute approximate surface area is 163 Å². The SMILES string of the molecule is C=CCn1cc(/C=C2/NC(=O)N(Cc3cccc(C)c3)C2=O)c2ccccc21. The van der Waals surface area contributed by atoms with Gasteiger partial charge < -0.3 is 9.88 Å². The predicted molar refractivity (Wildman–Crippen MR) is 110 cm³/mol. The maximum Gasteiger partial charge on any atom is 0.329 e. The number of benzene rings is 2. The van der Waals surface area contributed by atoms with Crippen molar-refractivity contribution in [3.63, 3.8) is 0 Å². The number of carbonyl (C=O) groups is 2. The van der Waals surface area contributed by atoms with Crippen LogP contribution in [0.5, 0.6) is 0 Å². The van der Waals surface area contributed by atoms with Crippen molar-refractivity contribution >= 4 is 28.9 Å². The van der Waals surface area contributed by atoms with Gasteiger partial charge in [-0.05, 0) is 24.6 Å². The molecule has 1 aliphatic rings. The van der Waals surface area contributed by atoms with E-state index in [1.807, 2.05) is 67.7 Å². The standard InChI is InChI=1S/C23H21N3O2/c1-3-11-25-15-18(19-9-4-5-10-21(19)25)13-20-22(27)26(23(28)24-20)14-17-8-6-7-16(2)12-17/h3-10,12-13,15H,1,11,14H2,2H3,(H,24,28)/b20-13+. The zero-order valence-electron chi connectivity index (χ0n) is 15.7. The van der Waals surface area contributed by atoms with E-state index in [0.29, 0.717) is 12.2 Å². The number of aromatic nitrogens is 1. The van der Waals surface area contributed by atoms with Gasteiger partial charge in [-0.1, -0.05) is 54.1 Å². The molecule has 1 aromatic heterocycles. The zero-order valence-corrected chi connectivity index (χ0v) is 15.7. The molecule has 2 heterocycles. The van der Waals surface area contributed by atoms with Crippen molar-refractivity contribution in [2.45, 2.75) is 20.0 Å². The number of rotatable bonds is 5. The highest BCUT2D eigenvalue weighted by Crippen LogP contribution is 2.25. The van der Waals surface area contributed by atoms with Crippen LogP contribution in [0, 0.1) is 6.92 Å². The van der Waals surface area contributed by atoms with Gasteiger partial charge >= 0.3 is 6.03 Å². The third-order valence-corrected chi connectivity index (χ3v) is 4.83. The second-order valence-electron chi connectivity index (χ2n) is 6.91. The molecule has 0 saturated carbocycles. The Bertz CT molecular complexity index is 1120. The molecule has 2 aromatic carbocycles. The fourth-order valence-electron chi connectivity index (χ4n) is 3.54. The van der Waals surface area contributed by atoms with E-state index in [9.17, 15) is 9.59 Å². The quantitative estimate of drug-likeness (QED) is 0.415. The molecule has 3 aromatic rings. The lowest BCUT2D eigenvalue weighted by Gasteiger charge is -2.12. The number of fused-ring (bicyclic) bond motifs is 1. The summed E-state index contributed by atoms with van der Waals surface area (Å²) in [4.78, 5) is 26.4. The maximum atomic E-state index is 12.8. The molecule has 1 N–H and O–H groups in total. The van der Waals surface area contributed by atoms with E-state index in [1.54, 1.807) is 6.08 Å². The Hall–Kier alpha value is -3.60. The van der Waals surface area contributed by atoms with E-state index >= 15 is 0 Å². The molecule has 0 bridgehead atoms. The number of amides is 3. The van der Waals surface area contributed by atoms with Crippen LogP contribution in [0.25, 0.3) is 17.0 Å². The number of hydrogen-bond acceptors (Lipinski definition) is 2. The first-order valence-electron chi connectivity index (χ1n) is 9.15. The van der Waals surface area contributed by atoms with Gasteiger partial charge in [0.2, 0.25) is 0 Å². The number of carbonyl (C=O) groups excluding carboxylic acids is 2. The first kappa shape index (κ1) is 17.8. The minimum atomic E-state index is -0.396. The molecule has 0 unspecified atom stereocenters. The molecule has 1 aliphatic heterocycles. The summed E-state index contributed by atoms with van der Waals surface area (Å²) in [6, 6.07) is 15.4. The fraction of sp³-hybridized carbons (Fsp3) is 0.130. The normalized spacial score (nSPS) is 15.5. The average Bonchev–Trinajstić information content (AvgIpc) is 3.15. The summed E-state index contributed by atoms with van der Waals surface area (Å²) >= 11 is 0. The molecular formula is C23H21N3O2. The molecule has 0 radical (unpaired) electrons. The summed E-state index contributed by atoms with van der Waals surface area (Å²) in [5, 5.41) is 3.74. The smallest absolute Gasteiger partial charge is 0.329 e. The third kappa shape index (κ3) is 3.22. The van der Waals surface area contributed by atoms with Crippen LogP contribution in [0.4, 0.5) is 4.79 Å². The maximum absolute atomic E-state index is 12.8. The van der Waals surface area contributed by atoms with Crippen molar-refractivity contribution in [3.05, 3.63) is 89.8 Å². The molecule has 5 nitrogen and oxygen atoms in total. The van der Waals surface area contributed by atoms with Gasteiger partial charge in [0, 0.05) is 29.2 Å². The minimum absolute atomic E-state index is 0.252. The van der Waals surface area contributed by atoms with Crippen LogP contribution in [0.2, 0.25) is 0 Å². The lowest BCUT2D eigenvalue weighted by Crippen LogP contribution is -2.30. The molecule has 0 aliphatic carbocycles. The van der Waals surface area contributed by atoms with Crippen LogP contribution >= 0.6 is 0 Å². The van der Waals surface area contributed by atoms with Crippen molar-refractivity contribution in [2.75, 3.05) is 0 Å². The van der Waals surface area contributed by atoms with Gasteiger partial charge in [0.1, 0.15) is 5.70 Å². The highest BCUT2D eigenvalue weighted by atomic mass is 16.2. The number of para-hydroxylation sites is 1. The number of hydrogen-bond donors (Lipinski definition) is 1. The van der Waals surface area contributed by atoms with E-state index in [4.69, 9.17) is 0 Å². The van der Waals surface area contributed by atoms with Crippen LogP contribution in [-0.2, 0) is 17.9 Å². The topological polar surface area (TPSA) is 54.3 Å². The van der Waals surface area contributed by atoms with Crippen LogP contribution < -0.4 is 5.32 Å². The van der Waals surface area contributed by atoms with Gasteiger partial charge in [0.15, 0.2) is 0 Å². The Balaban J connectivity index is 1.66. The lowest BCUT2D eigenvalue weighted by atomic mass is 10.1. The minimum Gasteiger partial charge on any atom is -0.343 e. The summed E-state index contributed by atoms with van der Waals surface area (Å²) < 4.78 is 2.07. The van der Waals surface area contributed by atoms with E-state index in [1.165, 1.54) is 4.90 Å². The third-order valence-electron chi connectivity index (χ3n) is 4.83. The molecular weight excluding hydrogens is 350 g/mol. The van der Waals surface area contributed by atoms with Gasteiger partial charge in [-0.3, -0.25) is 9.69 Å². The summed E-state index contributed by atoms with van der Waals surface area (Å²) in [5.74, 6) is -0.313. The average molecular weight is 371 g/mol. The summed E-state index contributed by atoms with van der Waals surface area (Å²) in [6.45, 7) is 6.71. The zero-order chi connectivity index (χ0) is 19.7. The van der Waals surface area contributed by atoms with Gasteiger partial charge in [-0.15, -0.1) is 6.58 Å². The fourth-order valence-corrected chi connectivity index (χ4v) is 3.54. The number of urea groups is 1. The molecule has 1 saturated heterocycles. The lowest BCUT2D eigenvalue weighted by molar-refractivity contribution is -0.123. The number of nitrogens with zero attached hydrogens (tertiary/aromatic N) is 2. The molecule has 0 spiro atoms. The summed E-state index contributed by atoms with van der Waals surface area (Å²) in [5.41, 5.74) is 4.25. The first-order chi connectivity index (χ1) is 13.6. The second-order valence-corrected chi connectivity index (χ2v) is 6.91. The summed E-state index contributed by atoms with van der Waals surface area (Å²) in [6.07, 6.45) is 5.55. The van der Waals surface area contributed by atoms with Crippen LogP contribution in [0.15, 0.2) is 73.1 Å². The number of nitrogens with one attached hydrogen (secondary N) is 1. The molecule has 3 amide bonds. The van der Waals surface area contributed by atoms with E-state index in [0.717, 1.165) is 27.6 Å². The highest BCUT2D eigenvalue weighted by Gasteiger charge is 2.33. The molecule has 140 valence electrons. The number of aryl methyl sites for hydroxylation is 1. The van der Waals surface area contributed by atoms with Gasteiger partial charge in [-0.25, -0.2) is 4.79 Å². The summed E-state index contributed by atoms with van der Waals surface area (Å²) in [7, 11) is 0. The molecule has 1 fully saturated rings. The van der Waals surface area contributed by atoms with Gasteiger partial charge in [0.05, 0.1) is 6.54 Å². The van der Waals surface area contributed by atoms with E-state index in [2.05, 4.69) is 16.5 Å². The Morgan fingerprint density at radius 3 is 2.71 bits per heavy atom. The molecule has 0 atom stereocenters. The van der Waals surface area contributed by atoms with Crippen LogP contribution in [0.1, 0.15) is 16.7 Å². The van der Waals surface area contributed by atoms with Gasteiger partial charge in [-0.2, -0.15) is 0 Å². The molecule has 28 heavy (non-hydrogen) atoms. The number of imide groups is 1. The highest BCUT2D eigenvalue weighted by molar-refractivity contribution is 6.14. The van der Waals surface area contributed by atoms with Crippen molar-refractivity contribution in [1.29, 1.82) is 0 Å². The first-order valence-corrected chi connectivity index (χ1v) is 9.15. The number of allylic oxidation sites excluding steroid dienone is 1.